The number of rotatable bonds is 3. The maximum Gasteiger partial charge on any atom is 0.149 e. The molecule has 0 aliphatic carbocycles. The number of hydrogen-bond donors (Lipinski definition) is 1. The molecule has 1 saturated heterocycles. The van der Waals surface area contributed by atoms with Crippen molar-refractivity contribution in [3.05, 3.63) is 84.1 Å². The van der Waals surface area contributed by atoms with Crippen molar-refractivity contribution in [2.24, 2.45) is 0 Å². The minimum Gasteiger partial charge on any atom is -0.368 e. The number of nitrogens with one attached hydrogen (secondary N) is 1. The Hall–Kier alpha value is -3.77. The highest BCUT2D eigenvalue weighted by Crippen LogP contribution is 2.33. The zero-order valence-electron chi connectivity index (χ0n) is 21.1. The van der Waals surface area contributed by atoms with Crippen LogP contribution in [0.2, 0.25) is 0 Å². The van der Waals surface area contributed by atoms with E-state index in [-0.39, 0.29) is 11.4 Å². The maximum atomic E-state index is 14.7. The average Bonchev–Trinajstić information content (AvgIpc) is 3.27. The van der Waals surface area contributed by atoms with E-state index in [1.165, 1.54) is 11.8 Å². The van der Waals surface area contributed by atoms with Crippen LogP contribution in [-0.2, 0) is 0 Å². The second kappa shape index (κ2) is 8.42. The molecule has 1 aliphatic rings. The van der Waals surface area contributed by atoms with Crippen LogP contribution in [0.4, 0.5) is 10.1 Å². The molecular formula is C30H30FN5. The molecule has 4 heterocycles. The average molecular weight is 480 g/mol. The van der Waals surface area contributed by atoms with E-state index in [2.05, 4.69) is 69.8 Å². The molecule has 0 unspecified atom stereocenters. The van der Waals surface area contributed by atoms with Gasteiger partial charge >= 0.3 is 0 Å². The number of fused-ring (bicyclic) bond motifs is 2. The summed E-state index contributed by atoms with van der Waals surface area (Å²) in [5.74, 6) is -0.293. The Morgan fingerprint density at radius 2 is 1.78 bits per heavy atom. The maximum absolute atomic E-state index is 14.7. The molecule has 0 spiro atoms. The fourth-order valence-electron chi connectivity index (χ4n) is 5.35. The monoisotopic (exact) mass is 479 g/mol. The molecule has 0 atom stereocenters. The van der Waals surface area contributed by atoms with Gasteiger partial charge in [0.1, 0.15) is 17.0 Å². The van der Waals surface area contributed by atoms with E-state index in [0.717, 1.165) is 64.3 Å². The lowest BCUT2D eigenvalue weighted by Gasteiger charge is -2.40. The SMILES string of the molecule is Cc1cc(F)c2nc(C)cc(-c3cnc4cc(-c5ccc(N6CCNC(C)(C)C6)cc5)ccn34)c2c1. The van der Waals surface area contributed by atoms with Gasteiger partial charge in [-0.2, -0.15) is 0 Å². The Morgan fingerprint density at radius 3 is 2.56 bits per heavy atom. The largest absolute Gasteiger partial charge is 0.368 e. The fraction of sp³-hybridized carbons (Fsp3) is 0.267. The van der Waals surface area contributed by atoms with Crippen molar-refractivity contribution in [2.75, 3.05) is 24.5 Å². The van der Waals surface area contributed by atoms with Gasteiger partial charge in [-0.05, 0) is 86.8 Å². The molecule has 5 aromatic rings. The smallest absolute Gasteiger partial charge is 0.149 e. The van der Waals surface area contributed by atoms with E-state index in [9.17, 15) is 4.39 Å². The molecule has 6 rings (SSSR count). The zero-order valence-corrected chi connectivity index (χ0v) is 21.1. The third-order valence-electron chi connectivity index (χ3n) is 7.07. The van der Waals surface area contributed by atoms with Crippen LogP contribution in [-0.4, -0.2) is 39.5 Å². The first-order valence-electron chi connectivity index (χ1n) is 12.4. The standard InChI is InChI=1S/C30H30FN5/c1-19-13-25-24(15-20(2)34-29(25)26(31)14-19)27-17-32-28-16-22(9-11-36(27)28)21-5-7-23(8-6-21)35-12-10-33-30(3,4)18-35/h5-9,11,13-17,33H,10,12,18H2,1-4H3. The molecule has 5 nitrogen and oxygen atoms in total. The van der Waals surface area contributed by atoms with Crippen molar-refractivity contribution in [3.63, 3.8) is 0 Å². The predicted octanol–water partition coefficient (Wildman–Crippen LogP) is 6.16. The highest BCUT2D eigenvalue weighted by molar-refractivity contribution is 5.95. The number of piperazine rings is 1. The van der Waals surface area contributed by atoms with Crippen molar-refractivity contribution in [2.45, 2.75) is 33.2 Å². The van der Waals surface area contributed by atoms with Gasteiger partial charge in [0, 0.05) is 53.7 Å². The lowest BCUT2D eigenvalue weighted by atomic mass is 10.0. The van der Waals surface area contributed by atoms with E-state index in [0.29, 0.717) is 5.52 Å². The number of imidazole rings is 1. The third-order valence-corrected chi connectivity index (χ3v) is 7.07. The number of nitrogens with zero attached hydrogens (tertiary/aromatic N) is 4. The van der Waals surface area contributed by atoms with Crippen molar-refractivity contribution in [1.29, 1.82) is 0 Å². The summed E-state index contributed by atoms with van der Waals surface area (Å²) in [6.07, 6.45) is 3.91. The summed E-state index contributed by atoms with van der Waals surface area (Å²) in [5.41, 5.74) is 8.39. The number of benzene rings is 2. The molecule has 0 saturated carbocycles. The van der Waals surface area contributed by atoms with Gasteiger partial charge in [-0.15, -0.1) is 0 Å². The second-order valence-corrected chi connectivity index (χ2v) is 10.5. The summed E-state index contributed by atoms with van der Waals surface area (Å²) >= 11 is 0. The molecule has 2 aromatic carbocycles. The van der Waals surface area contributed by atoms with E-state index < -0.39 is 0 Å². The third kappa shape index (κ3) is 4.01. The molecule has 182 valence electrons. The Bertz CT molecular complexity index is 1600. The van der Waals surface area contributed by atoms with Crippen LogP contribution in [0.3, 0.4) is 0 Å². The van der Waals surface area contributed by atoms with Gasteiger partial charge in [0.2, 0.25) is 0 Å². The fourth-order valence-corrected chi connectivity index (χ4v) is 5.35. The van der Waals surface area contributed by atoms with Crippen molar-refractivity contribution in [3.8, 4) is 22.4 Å². The zero-order chi connectivity index (χ0) is 25.0. The molecule has 0 bridgehead atoms. The lowest BCUT2D eigenvalue weighted by Crippen LogP contribution is -2.57. The number of anilines is 1. The normalized spacial score (nSPS) is 15.6. The number of hydrogen-bond acceptors (Lipinski definition) is 4. The topological polar surface area (TPSA) is 45.5 Å². The van der Waals surface area contributed by atoms with E-state index in [4.69, 9.17) is 4.98 Å². The van der Waals surface area contributed by atoms with Gasteiger partial charge in [0.05, 0.1) is 11.9 Å². The van der Waals surface area contributed by atoms with Crippen molar-refractivity contribution in [1.82, 2.24) is 19.7 Å². The van der Waals surface area contributed by atoms with Crippen LogP contribution in [0.15, 0.2) is 67.0 Å². The summed E-state index contributed by atoms with van der Waals surface area (Å²) in [7, 11) is 0. The number of aryl methyl sites for hydroxylation is 2. The minimum atomic E-state index is -0.293. The molecule has 3 aromatic heterocycles. The van der Waals surface area contributed by atoms with Crippen LogP contribution < -0.4 is 10.2 Å². The summed E-state index contributed by atoms with van der Waals surface area (Å²) in [4.78, 5) is 11.6. The lowest BCUT2D eigenvalue weighted by molar-refractivity contribution is 0.353. The Kier molecular flexibility index (Phi) is 5.30. The molecule has 1 aliphatic heterocycles. The van der Waals surface area contributed by atoms with Crippen LogP contribution in [0.5, 0.6) is 0 Å². The van der Waals surface area contributed by atoms with Crippen molar-refractivity contribution >= 4 is 22.2 Å². The molecular weight excluding hydrogens is 449 g/mol. The highest BCUT2D eigenvalue weighted by atomic mass is 19.1. The number of pyridine rings is 2. The number of halogens is 1. The van der Waals surface area contributed by atoms with Crippen LogP contribution >= 0.6 is 0 Å². The molecule has 1 N–H and O–H groups in total. The first-order chi connectivity index (χ1) is 17.3. The first-order valence-corrected chi connectivity index (χ1v) is 12.4. The summed E-state index contributed by atoms with van der Waals surface area (Å²) < 4.78 is 16.8. The van der Waals surface area contributed by atoms with Crippen molar-refractivity contribution < 1.29 is 4.39 Å². The van der Waals surface area contributed by atoms with Gasteiger partial charge in [-0.1, -0.05) is 12.1 Å². The van der Waals surface area contributed by atoms with E-state index in [1.54, 1.807) is 0 Å². The van der Waals surface area contributed by atoms with Gasteiger partial charge in [0.25, 0.3) is 0 Å². The summed E-state index contributed by atoms with van der Waals surface area (Å²) in [5, 5.41) is 4.37. The first kappa shape index (κ1) is 22.7. The van der Waals surface area contributed by atoms with E-state index >= 15 is 0 Å². The quantitative estimate of drug-likeness (QED) is 0.337. The minimum absolute atomic E-state index is 0.115. The Balaban J connectivity index is 1.36. The second-order valence-electron chi connectivity index (χ2n) is 10.5. The Morgan fingerprint density at radius 1 is 0.972 bits per heavy atom. The predicted molar refractivity (Wildman–Crippen MR) is 145 cm³/mol. The molecule has 6 heteroatoms. The molecule has 36 heavy (non-hydrogen) atoms. The molecule has 0 radical (unpaired) electrons. The Labute approximate surface area is 210 Å². The summed E-state index contributed by atoms with van der Waals surface area (Å²) in [6, 6.07) is 18.5. The summed E-state index contributed by atoms with van der Waals surface area (Å²) in [6.45, 7) is 11.3. The van der Waals surface area contributed by atoms with Gasteiger partial charge in [-0.3, -0.25) is 9.38 Å². The van der Waals surface area contributed by atoms with Gasteiger partial charge in [0.15, 0.2) is 0 Å². The van der Waals surface area contributed by atoms with Gasteiger partial charge in [-0.25, -0.2) is 9.37 Å². The van der Waals surface area contributed by atoms with Crippen LogP contribution in [0.1, 0.15) is 25.1 Å². The number of aromatic nitrogens is 3. The molecule has 0 amide bonds. The van der Waals surface area contributed by atoms with Crippen LogP contribution in [0.25, 0.3) is 38.9 Å². The van der Waals surface area contributed by atoms with E-state index in [1.807, 2.05) is 38.4 Å². The molecule has 1 fully saturated rings. The highest BCUT2D eigenvalue weighted by Gasteiger charge is 2.25. The van der Waals surface area contributed by atoms with Gasteiger partial charge < -0.3 is 10.2 Å². The van der Waals surface area contributed by atoms with Crippen LogP contribution in [0, 0.1) is 19.7 Å².